The molecular weight excluding hydrogens is 397 g/mol. The monoisotopic (exact) mass is 421 g/mol. The summed E-state index contributed by atoms with van der Waals surface area (Å²) < 4.78 is 21.4. The first-order chi connectivity index (χ1) is 14.6. The van der Waals surface area contributed by atoms with Gasteiger partial charge in [-0.1, -0.05) is 20.8 Å². The fourth-order valence-electron chi connectivity index (χ4n) is 3.49. The zero-order chi connectivity index (χ0) is 22.3. The largest absolute Gasteiger partial charge is 0.436 e. The van der Waals surface area contributed by atoms with Crippen molar-refractivity contribution < 1.29 is 13.6 Å². The number of fused-ring (bicyclic) bond motifs is 1. The Bertz CT molecular complexity index is 1280. The van der Waals surface area contributed by atoms with Crippen molar-refractivity contribution in [2.24, 2.45) is 5.41 Å². The highest BCUT2D eigenvalue weighted by Gasteiger charge is 2.18. The van der Waals surface area contributed by atoms with E-state index in [-0.39, 0.29) is 16.9 Å². The molecule has 1 N–H and O–H groups in total. The molecule has 0 spiro atoms. The molecular formula is C23H24FN5O2. The molecule has 7 nitrogen and oxygen atoms in total. The highest BCUT2D eigenvalue weighted by atomic mass is 19.1. The summed E-state index contributed by atoms with van der Waals surface area (Å²) in [5.41, 5.74) is 2.87. The van der Waals surface area contributed by atoms with Crippen molar-refractivity contribution in [1.82, 2.24) is 19.7 Å². The third kappa shape index (κ3) is 4.47. The van der Waals surface area contributed by atoms with Gasteiger partial charge in [0.1, 0.15) is 11.5 Å². The Hall–Kier alpha value is -3.55. The molecule has 160 valence electrons. The van der Waals surface area contributed by atoms with Crippen LogP contribution in [0, 0.1) is 25.1 Å². The molecule has 0 atom stereocenters. The van der Waals surface area contributed by atoms with Crippen molar-refractivity contribution in [2.75, 3.05) is 5.32 Å². The number of pyridine rings is 1. The molecule has 0 aliphatic rings. The average molecular weight is 421 g/mol. The number of amides is 1. The van der Waals surface area contributed by atoms with Gasteiger partial charge in [-0.25, -0.2) is 19.0 Å². The molecule has 0 fully saturated rings. The molecule has 0 radical (unpaired) electrons. The number of oxazole rings is 1. The molecule has 4 rings (SSSR count). The number of rotatable bonds is 4. The van der Waals surface area contributed by atoms with E-state index in [0.717, 1.165) is 17.4 Å². The Morgan fingerprint density at radius 1 is 1.23 bits per heavy atom. The number of benzene rings is 1. The minimum absolute atomic E-state index is 0.129. The average Bonchev–Trinajstić information content (AvgIpc) is 3.24. The third-order valence-corrected chi connectivity index (χ3v) is 4.71. The van der Waals surface area contributed by atoms with Gasteiger partial charge in [0.25, 0.3) is 5.91 Å². The van der Waals surface area contributed by atoms with Crippen LogP contribution in [-0.2, 0) is 6.42 Å². The molecule has 0 unspecified atom stereocenters. The summed E-state index contributed by atoms with van der Waals surface area (Å²) in [5, 5.41) is 7.95. The van der Waals surface area contributed by atoms with Gasteiger partial charge in [0.15, 0.2) is 11.5 Å². The fraction of sp³-hybridized carbons (Fsp3) is 0.304. The smallest absolute Gasteiger partial charge is 0.293 e. The van der Waals surface area contributed by atoms with Crippen LogP contribution in [0.1, 0.15) is 48.5 Å². The van der Waals surface area contributed by atoms with E-state index >= 15 is 0 Å². The SMILES string of the molecule is Cc1nc(C)c(C(=O)Nc2ccc(F)c(-n3cc4cc(CC(C)(C)C)cnc4n3)c2)o1. The van der Waals surface area contributed by atoms with Gasteiger partial charge in [-0.15, -0.1) is 5.10 Å². The summed E-state index contributed by atoms with van der Waals surface area (Å²) in [6.45, 7) is 9.85. The first-order valence-corrected chi connectivity index (χ1v) is 9.99. The lowest BCUT2D eigenvalue weighted by Gasteiger charge is -2.17. The van der Waals surface area contributed by atoms with Gasteiger partial charge in [-0.05, 0) is 48.6 Å². The highest BCUT2D eigenvalue weighted by Crippen LogP contribution is 2.25. The van der Waals surface area contributed by atoms with Crippen LogP contribution in [0.15, 0.2) is 41.1 Å². The van der Waals surface area contributed by atoms with Crippen LogP contribution in [0.3, 0.4) is 0 Å². The number of aromatic nitrogens is 4. The second-order valence-electron chi connectivity index (χ2n) is 8.84. The first kappa shape index (κ1) is 20.7. The molecule has 0 aliphatic heterocycles. The Labute approximate surface area is 179 Å². The van der Waals surface area contributed by atoms with E-state index in [1.807, 2.05) is 6.07 Å². The van der Waals surface area contributed by atoms with E-state index in [9.17, 15) is 9.18 Å². The summed E-state index contributed by atoms with van der Waals surface area (Å²) >= 11 is 0. The van der Waals surface area contributed by atoms with Gasteiger partial charge in [0, 0.05) is 30.4 Å². The number of anilines is 1. The van der Waals surface area contributed by atoms with Crippen LogP contribution >= 0.6 is 0 Å². The molecule has 1 aromatic carbocycles. The van der Waals surface area contributed by atoms with Crippen molar-refractivity contribution >= 4 is 22.6 Å². The van der Waals surface area contributed by atoms with E-state index in [4.69, 9.17) is 4.42 Å². The topological polar surface area (TPSA) is 85.8 Å². The van der Waals surface area contributed by atoms with E-state index in [0.29, 0.717) is 22.9 Å². The minimum atomic E-state index is -0.465. The predicted octanol–water partition coefficient (Wildman–Crippen LogP) is 5.01. The van der Waals surface area contributed by atoms with Gasteiger partial charge in [0.2, 0.25) is 5.76 Å². The number of carbonyl (C=O) groups excluding carboxylic acids is 1. The predicted molar refractivity (Wildman–Crippen MR) is 116 cm³/mol. The maximum absolute atomic E-state index is 14.6. The van der Waals surface area contributed by atoms with Crippen molar-refractivity contribution in [3.63, 3.8) is 0 Å². The van der Waals surface area contributed by atoms with E-state index < -0.39 is 11.7 Å². The fourth-order valence-corrected chi connectivity index (χ4v) is 3.49. The van der Waals surface area contributed by atoms with Gasteiger partial charge in [-0.3, -0.25) is 4.79 Å². The van der Waals surface area contributed by atoms with Gasteiger partial charge >= 0.3 is 0 Å². The zero-order valence-electron chi connectivity index (χ0n) is 18.2. The number of aryl methyl sites for hydroxylation is 2. The van der Waals surface area contributed by atoms with Crippen molar-refractivity contribution in [2.45, 2.75) is 41.0 Å². The molecule has 0 aliphatic carbocycles. The number of nitrogens with one attached hydrogen (secondary N) is 1. The molecule has 3 heterocycles. The maximum Gasteiger partial charge on any atom is 0.293 e. The van der Waals surface area contributed by atoms with E-state index in [1.165, 1.54) is 22.9 Å². The van der Waals surface area contributed by atoms with Crippen LogP contribution in [0.5, 0.6) is 0 Å². The van der Waals surface area contributed by atoms with Crippen LogP contribution in [0.4, 0.5) is 10.1 Å². The summed E-state index contributed by atoms with van der Waals surface area (Å²) in [5.74, 6) is -0.380. The second-order valence-corrected chi connectivity index (χ2v) is 8.84. The van der Waals surface area contributed by atoms with Crippen molar-refractivity contribution in [3.05, 3.63) is 65.4 Å². The lowest BCUT2D eigenvalue weighted by molar-refractivity contribution is 0.0994. The summed E-state index contributed by atoms with van der Waals surface area (Å²) in [6.07, 6.45) is 4.42. The standard InChI is InChI=1S/C23H24FN5O2/c1-13-20(31-14(2)26-13)22(30)27-17-6-7-18(24)19(9-17)29-12-16-8-15(10-23(3,4)5)11-25-21(16)28-29/h6-9,11-12H,10H2,1-5H3,(H,27,30). The summed E-state index contributed by atoms with van der Waals surface area (Å²) in [6, 6.07) is 6.32. The highest BCUT2D eigenvalue weighted by molar-refractivity contribution is 6.03. The Kier molecular flexibility index (Phi) is 5.08. The maximum atomic E-state index is 14.6. The third-order valence-electron chi connectivity index (χ3n) is 4.71. The number of halogens is 1. The van der Waals surface area contributed by atoms with Crippen LogP contribution in [0.2, 0.25) is 0 Å². The van der Waals surface area contributed by atoms with Crippen LogP contribution in [-0.4, -0.2) is 25.7 Å². The molecule has 0 bridgehead atoms. The molecule has 4 aromatic rings. The van der Waals surface area contributed by atoms with Crippen LogP contribution in [0.25, 0.3) is 16.7 Å². The van der Waals surface area contributed by atoms with E-state index in [1.54, 1.807) is 26.2 Å². The Morgan fingerprint density at radius 3 is 2.68 bits per heavy atom. The lowest BCUT2D eigenvalue weighted by atomic mass is 9.89. The molecule has 31 heavy (non-hydrogen) atoms. The summed E-state index contributed by atoms with van der Waals surface area (Å²) in [4.78, 5) is 21.0. The number of carbonyl (C=O) groups is 1. The molecule has 8 heteroatoms. The van der Waals surface area contributed by atoms with Gasteiger partial charge in [0.05, 0.1) is 5.69 Å². The first-order valence-electron chi connectivity index (χ1n) is 9.99. The molecule has 0 saturated carbocycles. The normalized spacial score (nSPS) is 11.8. The van der Waals surface area contributed by atoms with E-state index in [2.05, 4.69) is 41.2 Å². The van der Waals surface area contributed by atoms with Crippen molar-refractivity contribution in [1.29, 1.82) is 0 Å². The summed E-state index contributed by atoms with van der Waals surface area (Å²) in [7, 11) is 0. The molecule has 1 amide bonds. The zero-order valence-corrected chi connectivity index (χ0v) is 18.2. The number of hydrogen-bond acceptors (Lipinski definition) is 5. The number of hydrogen-bond donors (Lipinski definition) is 1. The van der Waals surface area contributed by atoms with Gasteiger partial charge in [-0.2, -0.15) is 0 Å². The quantitative estimate of drug-likeness (QED) is 0.501. The van der Waals surface area contributed by atoms with Crippen molar-refractivity contribution in [3.8, 4) is 5.69 Å². The minimum Gasteiger partial charge on any atom is -0.436 e. The Morgan fingerprint density at radius 2 is 2.00 bits per heavy atom. The van der Waals surface area contributed by atoms with Gasteiger partial charge < -0.3 is 9.73 Å². The lowest BCUT2D eigenvalue weighted by Crippen LogP contribution is -2.13. The molecule has 0 saturated heterocycles. The molecule has 3 aromatic heterocycles. The van der Waals surface area contributed by atoms with Crippen LogP contribution < -0.4 is 5.32 Å². The number of nitrogens with zero attached hydrogens (tertiary/aromatic N) is 4. The second kappa shape index (κ2) is 7.61. The Balaban J connectivity index is 1.64.